The molecule has 0 saturated carbocycles. The number of fused-ring (bicyclic) bond motifs is 1. The van der Waals surface area contributed by atoms with E-state index in [0.717, 1.165) is 33.2 Å². The summed E-state index contributed by atoms with van der Waals surface area (Å²) in [6.07, 6.45) is 0.756. The number of hydrogen-bond donors (Lipinski definition) is 1. The van der Waals surface area contributed by atoms with Gasteiger partial charge in [0.1, 0.15) is 11.3 Å². The van der Waals surface area contributed by atoms with Gasteiger partial charge in [0.05, 0.1) is 6.54 Å². The molecule has 0 saturated heterocycles. The van der Waals surface area contributed by atoms with Crippen molar-refractivity contribution >= 4 is 38.7 Å². The van der Waals surface area contributed by atoms with Crippen LogP contribution >= 0.6 is 15.9 Å². The van der Waals surface area contributed by atoms with Crippen LogP contribution in [0.2, 0.25) is 0 Å². The van der Waals surface area contributed by atoms with E-state index in [0.29, 0.717) is 12.1 Å². The van der Waals surface area contributed by atoms with Crippen LogP contribution in [0.1, 0.15) is 28.6 Å². The number of hydrogen-bond acceptors (Lipinski definition) is 3. The summed E-state index contributed by atoms with van der Waals surface area (Å²) in [7, 11) is 1.73. The summed E-state index contributed by atoms with van der Waals surface area (Å²) in [5, 5.41) is 3.70. The van der Waals surface area contributed by atoms with Crippen molar-refractivity contribution in [1.82, 2.24) is 10.2 Å². The lowest BCUT2D eigenvalue weighted by atomic mass is 10.1. The van der Waals surface area contributed by atoms with E-state index in [1.807, 2.05) is 31.2 Å². The van der Waals surface area contributed by atoms with Crippen LogP contribution in [-0.4, -0.2) is 30.3 Å². The number of benzene rings is 2. The first-order valence-corrected chi connectivity index (χ1v) is 9.56. The van der Waals surface area contributed by atoms with E-state index in [1.165, 1.54) is 0 Å². The van der Waals surface area contributed by atoms with Gasteiger partial charge in [-0.25, -0.2) is 0 Å². The van der Waals surface area contributed by atoms with Gasteiger partial charge < -0.3 is 14.6 Å². The fourth-order valence-corrected chi connectivity index (χ4v) is 3.19. The Morgan fingerprint density at radius 3 is 2.52 bits per heavy atom. The standard InChI is InChI=1S/C21H21BrN2O3/c1-3-18-17(16-6-4-5-7-19(16)27-18)13-24(2)20(25)12-23-21(26)14-8-10-15(22)11-9-14/h4-11H,3,12-13H2,1-2H3,(H,23,26). The van der Waals surface area contributed by atoms with Gasteiger partial charge in [0, 0.05) is 41.0 Å². The Morgan fingerprint density at radius 2 is 1.81 bits per heavy atom. The Labute approximate surface area is 166 Å². The third kappa shape index (κ3) is 4.39. The molecule has 5 nitrogen and oxygen atoms in total. The minimum Gasteiger partial charge on any atom is -0.461 e. The summed E-state index contributed by atoms with van der Waals surface area (Å²) >= 11 is 3.33. The first kappa shape index (κ1) is 19.2. The zero-order valence-electron chi connectivity index (χ0n) is 15.3. The minimum absolute atomic E-state index is 0.0529. The molecule has 0 spiro atoms. The molecule has 2 amide bonds. The molecule has 0 bridgehead atoms. The monoisotopic (exact) mass is 428 g/mol. The molecule has 0 atom stereocenters. The Morgan fingerprint density at radius 1 is 1.11 bits per heavy atom. The summed E-state index contributed by atoms with van der Waals surface area (Å²) in [6, 6.07) is 14.8. The molecule has 140 valence electrons. The summed E-state index contributed by atoms with van der Waals surface area (Å²) in [5.41, 5.74) is 2.36. The minimum atomic E-state index is -0.271. The van der Waals surface area contributed by atoms with Crippen molar-refractivity contribution in [2.75, 3.05) is 13.6 Å². The number of aryl methyl sites for hydroxylation is 1. The predicted octanol–water partition coefficient (Wildman–Crippen LogP) is 4.15. The molecule has 0 fully saturated rings. The predicted molar refractivity (Wildman–Crippen MR) is 109 cm³/mol. The summed E-state index contributed by atoms with van der Waals surface area (Å²) in [5.74, 6) is 0.454. The number of likely N-dealkylation sites (N-methyl/N-ethyl adjacent to an activating group) is 1. The molecule has 2 aromatic carbocycles. The molecule has 0 unspecified atom stereocenters. The fourth-order valence-electron chi connectivity index (χ4n) is 2.93. The smallest absolute Gasteiger partial charge is 0.251 e. The van der Waals surface area contributed by atoms with E-state index >= 15 is 0 Å². The van der Waals surface area contributed by atoms with Gasteiger partial charge in [0.2, 0.25) is 5.91 Å². The van der Waals surface area contributed by atoms with E-state index in [2.05, 4.69) is 21.2 Å². The molecule has 6 heteroatoms. The lowest BCUT2D eigenvalue weighted by molar-refractivity contribution is -0.129. The van der Waals surface area contributed by atoms with E-state index in [1.54, 1.807) is 36.2 Å². The van der Waals surface area contributed by atoms with Crippen LogP contribution in [0.4, 0.5) is 0 Å². The number of amides is 2. The van der Waals surface area contributed by atoms with Gasteiger partial charge in [-0.3, -0.25) is 9.59 Å². The second-order valence-corrected chi connectivity index (χ2v) is 7.21. The van der Waals surface area contributed by atoms with Crippen LogP contribution in [0.3, 0.4) is 0 Å². The maximum Gasteiger partial charge on any atom is 0.251 e. The Balaban J connectivity index is 1.64. The van der Waals surface area contributed by atoms with Gasteiger partial charge in [-0.2, -0.15) is 0 Å². The van der Waals surface area contributed by atoms with Gasteiger partial charge >= 0.3 is 0 Å². The number of carbonyl (C=O) groups is 2. The third-order valence-corrected chi connectivity index (χ3v) is 4.96. The maximum absolute atomic E-state index is 12.5. The topological polar surface area (TPSA) is 62.6 Å². The molecule has 0 radical (unpaired) electrons. The molecule has 3 rings (SSSR count). The highest BCUT2D eigenvalue weighted by molar-refractivity contribution is 9.10. The average Bonchev–Trinajstić information content (AvgIpc) is 3.04. The number of carbonyl (C=O) groups excluding carboxylic acids is 2. The number of nitrogens with one attached hydrogen (secondary N) is 1. The van der Waals surface area contributed by atoms with E-state index in [4.69, 9.17) is 4.42 Å². The lowest BCUT2D eigenvalue weighted by Crippen LogP contribution is -2.37. The molecule has 1 N–H and O–H groups in total. The number of halogens is 1. The zero-order valence-corrected chi connectivity index (χ0v) is 16.9. The number of furan rings is 1. The maximum atomic E-state index is 12.5. The molecule has 27 heavy (non-hydrogen) atoms. The zero-order chi connectivity index (χ0) is 19.4. The highest BCUT2D eigenvalue weighted by atomic mass is 79.9. The SMILES string of the molecule is CCc1oc2ccccc2c1CN(C)C(=O)CNC(=O)c1ccc(Br)cc1. The fraction of sp³-hybridized carbons (Fsp3) is 0.238. The Hall–Kier alpha value is -2.60. The molecular formula is C21H21BrN2O3. The Bertz CT molecular complexity index is 963. The highest BCUT2D eigenvalue weighted by Gasteiger charge is 2.17. The van der Waals surface area contributed by atoms with E-state index in [9.17, 15) is 9.59 Å². The van der Waals surface area contributed by atoms with Crippen molar-refractivity contribution in [2.24, 2.45) is 0 Å². The van der Waals surface area contributed by atoms with Gasteiger partial charge in [-0.15, -0.1) is 0 Å². The second-order valence-electron chi connectivity index (χ2n) is 6.29. The number of nitrogens with zero attached hydrogens (tertiary/aromatic N) is 1. The van der Waals surface area contributed by atoms with Crippen LogP contribution in [-0.2, 0) is 17.8 Å². The normalized spacial score (nSPS) is 10.8. The number of rotatable bonds is 6. The van der Waals surface area contributed by atoms with Gasteiger partial charge in [-0.1, -0.05) is 41.1 Å². The van der Waals surface area contributed by atoms with E-state index in [-0.39, 0.29) is 18.4 Å². The van der Waals surface area contributed by atoms with Gasteiger partial charge in [0.15, 0.2) is 0 Å². The Kier molecular flexibility index (Phi) is 5.96. The van der Waals surface area contributed by atoms with Gasteiger partial charge in [-0.05, 0) is 30.3 Å². The summed E-state index contributed by atoms with van der Waals surface area (Å²) < 4.78 is 6.78. The first-order valence-electron chi connectivity index (χ1n) is 8.76. The van der Waals surface area contributed by atoms with Crippen molar-refractivity contribution < 1.29 is 14.0 Å². The van der Waals surface area contributed by atoms with Crippen molar-refractivity contribution in [3.63, 3.8) is 0 Å². The van der Waals surface area contributed by atoms with Crippen LogP contribution in [0.15, 0.2) is 57.4 Å². The largest absolute Gasteiger partial charge is 0.461 e. The second kappa shape index (κ2) is 8.39. The van der Waals surface area contributed by atoms with E-state index < -0.39 is 0 Å². The molecule has 1 aromatic heterocycles. The van der Waals surface area contributed by atoms with Crippen LogP contribution in [0, 0.1) is 0 Å². The molecule has 0 aliphatic rings. The molecule has 0 aliphatic heterocycles. The van der Waals surface area contributed by atoms with Crippen molar-refractivity contribution in [1.29, 1.82) is 0 Å². The molecule has 3 aromatic rings. The van der Waals surface area contributed by atoms with Crippen molar-refractivity contribution in [3.05, 3.63) is 69.9 Å². The third-order valence-electron chi connectivity index (χ3n) is 4.43. The molecular weight excluding hydrogens is 408 g/mol. The van der Waals surface area contributed by atoms with Gasteiger partial charge in [0.25, 0.3) is 5.91 Å². The average molecular weight is 429 g/mol. The van der Waals surface area contributed by atoms with Crippen LogP contribution in [0.5, 0.6) is 0 Å². The van der Waals surface area contributed by atoms with Crippen molar-refractivity contribution in [3.8, 4) is 0 Å². The molecule has 0 aliphatic carbocycles. The summed E-state index contributed by atoms with van der Waals surface area (Å²) in [6.45, 7) is 2.41. The molecule has 1 heterocycles. The number of para-hydroxylation sites is 1. The lowest BCUT2D eigenvalue weighted by Gasteiger charge is -2.18. The highest BCUT2D eigenvalue weighted by Crippen LogP contribution is 2.27. The van der Waals surface area contributed by atoms with Crippen LogP contribution in [0.25, 0.3) is 11.0 Å². The van der Waals surface area contributed by atoms with Crippen LogP contribution < -0.4 is 5.32 Å². The van der Waals surface area contributed by atoms with Crippen molar-refractivity contribution in [2.45, 2.75) is 19.9 Å². The first-order chi connectivity index (χ1) is 13.0. The quantitative estimate of drug-likeness (QED) is 0.641. The summed E-state index contributed by atoms with van der Waals surface area (Å²) in [4.78, 5) is 26.2.